The highest BCUT2D eigenvalue weighted by atomic mass is 16.5. The highest BCUT2D eigenvalue weighted by Gasteiger charge is 2.16. The summed E-state index contributed by atoms with van der Waals surface area (Å²) in [6, 6.07) is 5.91. The first kappa shape index (κ1) is 14.1. The average molecular weight is 262 g/mol. The zero-order valence-electron chi connectivity index (χ0n) is 11.8. The van der Waals surface area contributed by atoms with E-state index in [0.717, 1.165) is 38.2 Å². The predicted molar refractivity (Wildman–Crippen MR) is 74.9 cm³/mol. The van der Waals surface area contributed by atoms with Gasteiger partial charge in [0.2, 0.25) is 0 Å². The molecule has 1 heterocycles. The Hall–Kier alpha value is -1.35. The second kappa shape index (κ2) is 6.71. The molecule has 2 rings (SSSR count). The summed E-state index contributed by atoms with van der Waals surface area (Å²) in [7, 11) is 0. The minimum Gasteiger partial charge on any atom is -0.493 e. The molecular formula is C16H22O3. The molecule has 0 unspecified atom stereocenters. The molecule has 1 fully saturated rings. The van der Waals surface area contributed by atoms with Crippen LogP contribution >= 0.6 is 0 Å². The largest absolute Gasteiger partial charge is 0.493 e. The lowest BCUT2D eigenvalue weighted by atomic mass is 10.0. The third kappa shape index (κ3) is 3.80. The Morgan fingerprint density at radius 1 is 1.37 bits per heavy atom. The van der Waals surface area contributed by atoms with Crippen LogP contribution in [-0.4, -0.2) is 25.6 Å². The summed E-state index contributed by atoms with van der Waals surface area (Å²) in [6.45, 7) is 6.00. The van der Waals surface area contributed by atoms with Crippen LogP contribution in [0, 0.1) is 5.92 Å². The predicted octanol–water partition coefficient (Wildman–Crippen LogP) is 3.26. The minimum absolute atomic E-state index is 0.0669. The third-order valence-electron chi connectivity index (χ3n) is 3.65. The summed E-state index contributed by atoms with van der Waals surface area (Å²) >= 11 is 0. The molecule has 0 amide bonds. The molecule has 1 aliphatic rings. The van der Waals surface area contributed by atoms with Crippen LogP contribution in [0.1, 0.15) is 42.6 Å². The number of hydrogen-bond donors (Lipinski definition) is 0. The zero-order chi connectivity index (χ0) is 13.7. The number of rotatable bonds is 5. The number of ketones is 1. The molecule has 1 aliphatic heterocycles. The van der Waals surface area contributed by atoms with E-state index in [-0.39, 0.29) is 5.78 Å². The fraction of sp³-hybridized carbons (Fsp3) is 0.562. The van der Waals surface area contributed by atoms with Gasteiger partial charge in [0.25, 0.3) is 0 Å². The van der Waals surface area contributed by atoms with Crippen molar-refractivity contribution >= 4 is 5.78 Å². The van der Waals surface area contributed by atoms with Gasteiger partial charge in [0.05, 0.1) is 12.2 Å². The lowest BCUT2D eigenvalue weighted by Gasteiger charge is -2.22. The fourth-order valence-electron chi connectivity index (χ4n) is 2.32. The molecule has 0 spiro atoms. The van der Waals surface area contributed by atoms with Crippen molar-refractivity contribution in [3.8, 4) is 5.75 Å². The maximum absolute atomic E-state index is 11.7. The van der Waals surface area contributed by atoms with Crippen molar-refractivity contribution in [3.63, 3.8) is 0 Å². The van der Waals surface area contributed by atoms with E-state index in [1.54, 1.807) is 6.92 Å². The molecule has 0 atom stereocenters. The average Bonchev–Trinajstić information content (AvgIpc) is 2.46. The summed E-state index contributed by atoms with van der Waals surface area (Å²) in [6.07, 6.45) is 3.02. The minimum atomic E-state index is 0.0669. The Labute approximate surface area is 114 Å². The Bertz CT molecular complexity index is 434. The third-order valence-corrected chi connectivity index (χ3v) is 3.65. The van der Waals surface area contributed by atoms with E-state index in [1.807, 2.05) is 18.2 Å². The molecule has 1 saturated heterocycles. The summed E-state index contributed by atoms with van der Waals surface area (Å²) in [5, 5.41) is 0. The quantitative estimate of drug-likeness (QED) is 0.764. The Morgan fingerprint density at radius 3 is 2.74 bits per heavy atom. The molecule has 0 bridgehead atoms. The first-order chi connectivity index (χ1) is 9.20. The van der Waals surface area contributed by atoms with E-state index in [9.17, 15) is 4.79 Å². The van der Waals surface area contributed by atoms with Crippen molar-refractivity contribution < 1.29 is 14.3 Å². The highest BCUT2D eigenvalue weighted by molar-refractivity contribution is 5.97. The van der Waals surface area contributed by atoms with Crippen LogP contribution in [0.5, 0.6) is 5.75 Å². The molecule has 1 aromatic rings. The van der Waals surface area contributed by atoms with Crippen molar-refractivity contribution in [1.29, 1.82) is 0 Å². The van der Waals surface area contributed by atoms with Crippen LogP contribution in [0.2, 0.25) is 0 Å². The number of carbonyl (C=O) groups is 1. The summed E-state index contributed by atoms with van der Waals surface area (Å²) in [5.74, 6) is 1.33. The summed E-state index contributed by atoms with van der Waals surface area (Å²) in [5.41, 5.74) is 1.87. The van der Waals surface area contributed by atoms with Crippen LogP contribution in [0.3, 0.4) is 0 Å². The van der Waals surface area contributed by atoms with Gasteiger partial charge in [-0.25, -0.2) is 0 Å². The van der Waals surface area contributed by atoms with Crippen LogP contribution in [-0.2, 0) is 11.2 Å². The van der Waals surface area contributed by atoms with Gasteiger partial charge in [-0.3, -0.25) is 4.79 Å². The summed E-state index contributed by atoms with van der Waals surface area (Å²) < 4.78 is 11.2. The van der Waals surface area contributed by atoms with Gasteiger partial charge in [-0.2, -0.15) is 0 Å². The van der Waals surface area contributed by atoms with Gasteiger partial charge in [0, 0.05) is 13.2 Å². The lowest BCUT2D eigenvalue weighted by Crippen LogP contribution is -2.21. The van der Waals surface area contributed by atoms with Gasteiger partial charge in [-0.1, -0.05) is 13.0 Å². The van der Waals surface area contributed by atoms with E-state index < -0.39 is 0 Å². The molecule has 104 valence electrons. The normalized spacial score (nSPS) is 16.3. The number of aryl methyl sites for hydroxylation is 1. The molecule has 19 heavy (non-hydrogen) atoms. The molecule has 0 saturated carbocycles. The van der Waals surface area contributed by atoms with Gasteiger partial charge in [0.15, 0.2) is 5.78 Å². The zero-order valence-corrected chi connectivity index (χ0v) is 11.8. The van der Waals surface area contributed by atoms with Crippen molar-refractivity contribution in [3.05, 3.63) is 29.3 Å². The first-order valence-electron chi connectivity index (χ1n) is 7.05. The molecular weight excluding hydrogens is 240 g/mol. The van der Waals surface area contributed by atoms with E-state index in [2.05, 4.69) is 6.92 Å². The molecule has 0 aromatic heterocycles. The van der Waals surface area contributed by atoms with Crippen molar-refractivity contribution in [2.24, 2.45) is 5.92 Å². The SMILES string of the molecule is CCc1ccc(OCC2CCOCC2)c(C(C)=O)c1. The topological polar surface area (TPSA) is 35.5 Å². The smallest absolute Gasteiger partial charge is 0.163 e. The van der Waals surface area contributed by atoms with Gasteiger partial charge in [-0.15, -0.1) is 0 Å². The molecule has 0 N–H and O–H groups in total. The van der Waals surface area contributed by atoms with Crippen molar-refractivity contribution in [1.82, 2.24) is 0 Å². The monoisotopic (exact) mass is 262 g/mol. The molecule has 1 aromatic carbocycles. The Morgan fingerprint density at radius 2 is 2.11 bits per heavy atom. The van der Waals surface area contributed by atoms with Gasteiger partial charge >= 0.3 is 0 Å². The number of hydrogen-bond acceptors (Lipinski definition) is 3. The molecule has 3 heteroatoms. The molecule has 3 nitrogen and oxygen atoms in total. The van der Waals surface area contributed by atoms with Crippen molar-refractivity contribution in [2.45, 2.75) is 33.1 Å². The standard InChI is InChI=1S/C16H22O3/c1-3-13-4-5-16(15(10-13)12(2)17)19-11-14-6-8-18-9-7-14/h4-5,10,14H,3,6-9,11H2,1-2H3. The van der Waals surface area contributed by atoms with Gasteiger partial charge in [-0.05, 0) is 49.8 Å². The van der Waals surface area contributed by atoms with Gasteiger partial charge < -0.3 is 9.47 Å². The van der Waals surface area contributed by atoms with Crippen LogP contribution < -0.4 is 4.74 Å². The first-order valence-corrected chi connectivity index (χ1v) is 7.05. The summed E-state index contributed by atoms with van der Waals surface area (Å²) in [4.78, 5) is 11.7. The maximum Gasteiger partial charge on any atom is 0.163 e. The Balaban J connectivity index is 2.04. The number of ether oxygens (including phenoxy) is 2. The number of benzene rings is 1. The van der Waals surface area contributed by atoms with Crippen LogP contribution in [0.15, 0.2) is 18.2 Å². The molecule has 0 aliphatic carbocycles. The van der Waals surface area contributed by atoms with Crippen LogP contribution in [0.25, 0.3) is 0 Å². The van der Waals surface area contributed by atoms with Crippen molar-refractivity contribution in [2.75, 3.05) is 19.8 Å². The number of Topliss-reactive ketones (excluding diaryl/α,β-unsaturated/α-hetero) is 1. The molecule has 0 radical (unpaired) electrons. The van der Waals surface area contributed by atoms with E-state index in [4.69, 9.17) is 9.47 Å². The second-order valence-electron chi connectivity index (χ2n) is 5.11. The van der Waals surface area contributed by atoms with E-state index in [1.165, 1.54) is 5.56 Å². The van der Waals surface area contributed by atoms with E-state index in [0.29, 0.717) is 18.1 Å². The second-order valence-corrected chi connectivity index (χ2v) is 5.11. The maximum atomic E-state index is 11.7. The van der Waals surface area contributed by atoms with E-state index >= 15 is 0 Å². The number of carbonyl (C=O) groups excluding carboxylic acids is 1. The van der Waals surface area contributed by atoms with Crippen LogP contribution in [0.4, 0.5) is 0 Å². The lowest BCUT2D eigenvalue weighted by molar-refractivity contribution is 0.0495. The fourth-order valence-corrected chi connectivity index (χ4v) is 2.32. The Kier molecular flexibility index (Phi) is 4.97. The van der Waals surface area contributed by atoms with Gasteiger partial charge in [0.1, 0.15) is 5.75 Å². The highest BCUT2D eigenvalue weighted by Crippen LogP contribution is 2.23.